The lowest BCUT2D eigenvalue weighted by molar-refractivity contribution is 0.165. The van der Waals surface area contributed by atoms with E-state index in [2.05, 4.69) is 0 Å². The Morgan fingerprint density at radius 1 is 1.53 bits per heavy atom. The summed E-state index contributed by atoms with van der Waals surface area (Å²) in [5.74, 6) is -0.785. The maximum absolute atomic E-state index is 13.4. The molecule has 84 valence electrons. The van der Waals surface area contributed by atoms with Crippen LogP contribution in [-0.2, 0) is 0 Å². The Kier molecular flexibility index (Phi) is 3.88. The highest BCUT2D eigenvalue weighted by Crippen LogP contribution is 2.32. The molecule has 0 aliphatic heterocycles. The summed E-state index contributed by atoms with van der Waals surface area (Å²) in [6, 6.07) is 2.18. The number of aliphatic hydroxyl groups is 1. The highest BCUT2D eigenvalue weighted by atomic mass is 19.1. The third-order valence-corrected chi connectivity index (χ3v) is 2.10. The topological polar surface area (TPSA) is 75.7 Å². The van der Waals surface area contributed by atoms with Crippen molar-refractivity contribution in [2.75, 3.05) is 13.7 Å². The van der Waals surface area contributed by atoms with E-state index in [0.29, 0.717) is 0 Å². The average molecular weight is 215 g/mol. The Labute approximate surface area is 87.1 Å². The molecule has 1 aromatic rings. The van der Waals surface area contributed by atoms with Gasteiger partial charge in [0.15, 0.2) is 11.5 Å². The van der Waals surface area contributed by atoms with Gasteiger partial charge in [-0.2, -0.15) is 0 Å². The maximum atomic E-state index is 13.4. The quantitative estimate of drug-likeness (QED) is 0.698. The SMILES string of the molecule is COc1cc(F)c(C(O)CCN)cc1O. The van der Waals surface area contributed by atoms with Crippen LogP contribution in [0.4, 0.5) is 4.39 Å². The summed E-state index contributed by atoms with van der Waals surface area (Å²) in [5, 5.41) is 18.9. The fraction of sp³-hybridized carbons (Fsp3) is 0.400. The minimum atomic E-state index is -1.01. The van der Waals surface area contributed by atoms with Crippen molar-refractivity contribution in [3.05, 3.63) is 23.5 Å². The lowest BCUT2D eigenvalue weighted by Gasteiger charge is -2.12. The molecule has 0 aliphatic rings. The van der Waals surface area contributed by atoms with Gasteiger partial charge < -0.3 is 20.7 Å². The van der Waals surface area contributed by atoms with Crippen molar-refractivity contribution in [2.45, 2.75) is 12.5 Å². The van der Waals surface area contributed by atoms with Crippen LogP contribution in [0.1, 0.15) is 18.1 Å². The van der Waals surface area contributed by atoms with Crippen LogP contribution in [0.25, 0.3) is 0 Å². The first-order chi connectivity index (χ1) is 7.10. The number of methoxy groups -OCH3 is 1. The van der Waals surface area contributed by atoms with E-state index in [-0.39, 0.29) is 30.0 Å². The number of aromatic hydroxyl groups is 1. The molecule has 1 aromatic carbocycles. The summed E-state index contributed by atoms with van der Waals surface area (Å²) < 4.78 is 18.1. The second-order valence-electron chi connectivity index (χ2n) is 3.14. The van der Waals surface area contributed by atoms with Crippen molar-refractivity contribution in [2.24, 2.45) is 5.73 Å². The van der Waals surface area contributed by atoms with Gasteiger partial charge in [-0.25, -0.2) is 4.39 Å². The maximum Gasteiger partial charge on any atom is 0.163 e. The van der Waals surface area contributed by atoms with Crippen molar-refractivity contribution >= 4 is 0 Å². The largest absolute Gasteiger partial charge is 0.504 e. The van der Waals surface area contributed by atoms with Gasteiger partial charge in [-0.15, -0.1) is 0 Å². The minimum Gasteiger partial charge on any atom is -0.504 e. The number of hydrogen-bond donors (Lipinski definition) is 3. The van der Waals surface area contributed by atoms with Gasteiger partial charge >= 0.3 is 0 Å². The highest BCUT2D eigenvalue weighted by molar-refractivity contribution is 5.43. The molecule has 0 bridgehead atoms. The molecule has 4 N–H and O–H groups in total. The second kappa shape index (κ2) is 4.95. The van der Waals surface area contributed by atoms with E-state index in [0.717, 1.165) is 12.1 Å². The lowest BCUT2D eigenvalue weighted by atomic mass is 10.1. The summed E-state index contributed by atoms with van der Waals surface area (Å²) in [5.41, 5.74) is 5.27. The van der Waals surface area contributed by atoms with E-state index in [1.54, 1.807) is 0 Å². The molecule has 0 amide bonds. The molecule has 0 radical (unpaired) electrons. The summed E-state index contributed by atoms with van der Waals surface area (Å²) in [7, 11) is 1.32. The van der Waals surface area contributed by atoms with Gasteiger partial charge in [-0.1, -0.05) is 0 Å². The Morgan fingerprint density at radius 2 is 2.20 bits per heavy atom. The third kappa shape index (κ3) is 2.57. The molecule has 1 unspecified atom stereocenters. The van der Waals surface area contributed by atoms with Gasteiger partial charge in [0.05, 0.1) is 13.2 Å². The zero-order valence-electron chi connectivity index (χ0n) is 8.40. The van der Waals surface area contributed by atoms with Crippen molar-refractivity contribution in [3.8, 4) is 11.5 Å². The van der Waals surface area contributed by atoms with Gasteiger partial charge in [0, 0.05) is 11.6 Å². The van der Waals surface area contributed by atoms with Crippen LogP contribution in [0.2, 0.25) is 0 Å². The molecule has 0 aliphatic carbocycles. The van der Waals surface area contributed by atoms with E-state index in [9.17, 15) is 14.6 Å². The first-order valence-electron chi connectivity index (χ1n) is 4.54. The van der Waals surface area contributed by atoms with Crippen LogP contribution in [0.3, 0.4) is 0 Å². The second-order valence-corrected chi connectivity index (χ2v) is 3.14. The fourth-order valence-corrected chi connectivity index (χ4v) is 1.29. The van der Waals surface area contributed by atoms with Gasteiger partial charge in [0.25, 0.3) is 0 Å². The van der Waals surface area contributed by atoms with E-state index in [1.807, 2.05) is 0 Å². The van der Waals surface area contributed by atoms with Crippen molar-refractivity contribution < 1.29 is 19.3 Å². The highest BCUT2D eigenvalue weighted by Gasteiger charge is 2.15. The van der Waals surface area contributed by atoms with Crippen LogP contribution >= 0.6 is 0 Å². The molecule has 1 rings (SSSR count). The molecular formula is C10H14FNO3. The number of rotatable bonds is 4. The number of phenolic OH excluding ortho intramolecular Hbond substituents is 1. The van der Waals surface area contributed by atoms with Gasteiger partial charge in [-0.3, -0.25) is 0 Å². The number of benzene rings is 1. The number of hydrogen-bond acceptors (Lipinski definition) is 4. The number of nitrogens with two attached hydrogens (primary N) is 1. The molecule has 15 heavy (non-hydrogen) atoms. The molecular weight excluding hydrogens is 201 g/mol. The van der Waals surface area contributed by atoms with Gasteiger partial charge in [0.2, 0.25) is 0 Å². The van der Waals surface area contributed by atoms with E-state index in [4.69, 9.17) is 10.5 Å². The Bertz CT molecular complexity index is 344. The molecule has 0 saturated heterocycles. The van der Waals surface area contributed by atoms with E-state index >= 15 is 0 Å². The zero-order valence-corrected chi connectivity index (χ0v) is 8.40. The van der Waals surface area contributed by atoms with Crippen LogP contribution in [-0.4, -0.2) is 23.9 Å². The van der Waals surface area contributed by atoms with Gasteiger partial charge in [0.1, 0.15) is 5.82 Å². The van der Waals surface area contributed by atoms with Crippen molar-refractivity contribution in [1.29, 1.82) is 0 Å². The Hall–Kier alpha value is -1.33. The summed E-state index contributed by atoms with van der Waals surface area (Å²) in [4.78, 5) is 0. The number of phenols is 1. The molecule has 0 spiro atoms. The molecule has 0 heterocycles. The van der Waals surface area contributed by atoms with Crippen LogP contribution < -0.4 is 10.5 Å². The Balaban J connectivity index is 3.04. The van der Waals surface area contributed by atoms with Crippen LogP contribution in [0.5, 0.6) is 11.5 Å². The first kappa shape index (κ1) is 11.7. The monoisotopic (exact) mass is 215 g/mol. The standard InChI is InChI=1S/C10H14FNO3/c1-15-10-5-7(11)6(4-9(10)14)8(13)2-3-12/h4-5,8,13-14H,2-3,12H2,1H3. The molecule has 0 aromatic heterocycles. The molecule has 5 heteroatoms. The van der Waals surface area contributed by atoms with E-state index < -0.39 is 11.9 Å². The predicted molar refractivity (Wildman–Crippen MR) is 53.2 cm³/mol. The first-order valence-corrected chi connectivity index (χ1v) is 4.54. The van der Waals surface area contributed by atoms with Crippen LogP contribution in [0, 0.1) is 5.82 Å². The average Bonchev–Trinajstić information content (AvgIpc) is 2.21. The normalized spacial score (nSPS) is 12.5. The zero-order chi connectivity index (χ0) is 11.4. The Morgan fingerprint density at radius 3 is 2.73 bits per heavy atom. The smallest absolute Gasteiger partial charge is 0.163 e. The lowest BCUT2D eigenvalue weighted by Crippen LogP contribution is -2.08. The van der Waals surface area contributed by atoms with Crippen molar-refractivity contribution in [3.63, 3.8) is 0 Å². The molecule has 0 fully saturated rings. The minimum absolute atomic E-state index is 0.0266. The van der Waals surface area contributed by atoms with E-state index in [1.165, 1.54) is 7.11 Å². The number of halogens is 1. The third-order valence-electron chi connectivity index (χ3n) is 2.10. The summed E-state index contributed by atoms with van der Waals surface area (Å²) in [6.45, 7) is 0.243. The van der Waals surface area contributed by atoms with Crippen LogP contribution in [0.15, 0.2) is 12.1 Å². The summed E-state index contributed by atoms with van der Waals surface area (Å²) >= 11 is 0. The fourth-order valence-electron chi connectivity index (χ4n) is 1.29. The van der Waals surface area contributed by atoms with Crippen molar-refractivity contribution in [1.82, 2.24) is 0 Å². The molecule has 1 atom stereocenters. The number of ether oxygens (including phenoxy) is 1. The predicted octanol–water partition coefficient (Wildman–Crippen LogP) is 0.922. The molecule has 4 nitrogen and oxygen atoms in total. The van der Waals surface area contributed by atoms with Gasteiger partial charge in [-0.05, 0) is 19.0 Å². The molecule has 0 saturated carbocycles. The summed E-state index contributed by atoms with van der Waals surface area (Å²) in [6.07, 6.45) is -0.769. The number of aliphatic hydroxyl groups excluding tert-OH is 1.